The van der Waals surface area contributed by atoms with E-state index in [9.17, 15) is 4.79 Å². The van der Waals surface area contributed by atoms with Crippen LogP contribution in [-0.2, 0) is 4.79 Å². The van der Waals surface area contributed by atoms with Gasteiger partial charge in [0.1, 0.15) is 11.9 Å². The maximum Gasteiger partial charge on any atom is 0.246 e. The molecule has 148 valence electrons. The Morgan fingerprint density at radius 2 is 2.11 bits per heavy atom. The molecule has 0 radical (unpaired) electrons. The number of imidazole rings is 1. The first kappa shape index (κ1) is 20.4. The molecule has 1 saturated heterocycles. The van der Waals surface area contributed by atoms with Gasteiger partial charge < -0.3 is 20.9 Å². The molecule has 0 aliphatic carbocycles. The zero-order valence-corrected chi connectivity index (χ0v) is 17.6. The van der Waals surface area contributed by atoms with Gasteiger partial charge in [-0.2, -0.15) is 0 Å². The number of aromatic nitrogens is 2. The van der Waals surface area contributed by atoms with Gasteiger partial charge in [0.15, 0.2) is 12.4 Å². The minimum absolute atomic E-state index is 0.0237. The van der Waals surface area contributed by atoms with Crippen LogP contribution in [0.4, 0.5) is 0 Å². The van der Waals surface area contributed by atoms with Gasteiger partial charge >= 0.3 is 0 Å². The summed E-state index contributed by atoms with van der Waals surface area (Å²) in [6.45, 7) is 6.84. The summed E-state index contributed by atoms with van der Waals surface area (Å²) in [7, 11) is 1.02. The molecule has 0 unspecified atom stereocenters. The highest BCUT2D eigenvalue weighted by Gasteiger charge is 2.36. The van der Waals surface area contributed by atoms with Gasteiger partial charge in [0.25, 0.3) is 0 Å². The first-order valence-electron chi connectivity index (χ1n) is 9.91. The molecule has 8 heteroatoms. The van der Waals surface area contributed by atoms with Gasteiger partial charge in [0, 0.05) is 6.54 Å². The molecule has 6 nitrogen and oxygen atoms in total. The Balaban J connectivity index is 1.79. The third-order valence-corrected chi connectivity index (χ3v) is 5.47. The fourth-order valence-electron chi connectivity index (χ4n) is 3.73. The minimum atomic E-state index is -0.422. The molecule has 1 aliphatic heterocycles. The topological polar surface area (TPSA) is 87.0 Å². The van der Waals surface area contributed by atoms with Crippen LogP contribution in [0, 0.1) is 5.92 Å². The van der Waals surface area contributed by atoms with Gasteiger partial charge in [0.2, 0.25) is 5.91 Å². The van der Waals surface area contributed by atoms with Crippen LogP contribution in [0.5, 0.6) is 0 Å². The second kappa shape index (κ2) is 8.77. The molecule has 1 aliphatic rings. The van der Waals surface area contributed by atoms with Crippen LogP contribution in [0.2, 0.25) is 6.82 Å². The molecule has 1 aromatic carbocycles. The number of hydrogen-bond acceptors (Lipinski definition) is 3. The molecular weight excluding hydrogens is 369 g/mol. The lowest BCUT2D eigenvalue weighted by Crippen LogP contribution is -2.52. The quantitative estimate of drug-likeness (QED) is 0.510. The molecule has 3 rings (SSSR count). The van der Waals surface area contributed by atoms with E-state index in [-0.39, 0.29) is 23.0 Å². The lowest BCUT2D eigenvalue weighted by atomic mass is 9.73. The van der Waals surface area contributed by atoms with E-state index in [1.807, 2.05) is 24.9 Å². The summed E-state index contributed by atoms with van der Waals surface area (Å²) in [5.41, 5.74) is 9.01. The standard InChI is InChI=1S/C20H28BN5OS/c1-12(2)17(25-20(22)28)19(27)26-10-4-5-16(26)18-23-11-15(24-18)13-6-8-14(21-3)9-7-13/h6-9,11-12,16-17,21H,4-5,10H2,1-3H3,(H,23,24)(H3,22,25,28)/t16-,17-/m0/s1. The highest BCUT2D eigenvalue weighted by atomic mass is 32.1. The molecule has 2 heterocycles. The number of likely N-dealkylation sites (tertiary alicyclic amines) is 1. The Bertz CT molecular complexity index is 835. The first-order valence-corrected chi connectivity index (χ1v) is 10.3. The number of carbonyl (C=O) groups excluding carboxylic acids is 1. The predicted octanol–water partition coefficient (Wildman–Crippen LogP) is 1.71. The summed E-state index contributed by atoms with van der Waals surface area (Å²) in [5, 5.41) is 3.11. The van der Waals surface area contributed by atoms with Crippen molar-refractivity contribution >= 4 is 36.0 Å². The maximum absolute atomic E-state index is 13.2. The van der Waals surface area contributed by atoms with Crippen molar-refractivity contribution in [3.8, 4) is 11.3 Å². The van der Waals surface area contributed by atoms with Gasteiger partial charge in [-0.05, 0) is 36.5 Å². The van der Waals surface area contributed by atoms with E-state index in [0.717, 1.165) is 37.2 Å². The number of nitrogens with two attached hydrogens (primary N) is 1. The van der Waals surface area contributed by atoms with E-state index < -0.39 is 6.04 Å². The second-order valence-corrected chi connectivity index (χ2v) is 8.09. The second-order valence-electron chi connectivity index (χ2n) is 7.65. The van der Waals surface area contributed by atoms with Crippen molar-refractivity contribution in [1.82, 2.24) is 20.2 Å². The summed E-state index contributed by atoms with van der Waals surface area (Å²) in [5.74, 6) is 0.938. The SMILES string of the molecule is CBc1ccc(-c2cnc([C@@H]3CCCN3C(=O)[C@@H](NC(N)=S)C(C)C)[nH]2)cc1. The summed E-state index contributed by atoms with van der Waals surface area (Å²) in [6.07, 6.45) is 3.70. The van der Waals surface area contributed by atoms with Crippen molar-refractivity contribution in [3.63, 3.8) is 0 Å². The summed E-state index contributed by atoms with van der Waals surface area (Å²) >= 11 is 4.96. The van der Waals surface area contributed by atoms with Crippen LogP contribution < -0.4 is 16.5 Å². The van der Waals surface area contributed by atoms with E-state index in [4.69, 9.17) is 18.0 Å². The van der Waals surface area contributed by atoms with Crippen molar-refractivity contribution in [1.29, 1.82) is 0 Å². The van der Waals surface area contributed by atoms with Crippen LogP contribution in [0.15, 0.2) is 30.5 Å². The summed E-state index contributed by atoms with van der Waals surface area (Å²) in [6, 6.07) is 8.01. The molecule has 1 amide bonds. The van der Waals surface area contributed by atoms with E-state index in [0.29, 0.717) is 6.54 Å². The summed E-state index contributed by atoms with van der Waals surface area (Å²) < 4.78 is 0. The first-order chi connectivity index (χ1) is 13.4. The van der Waals surface area contributed by atoms with Crippen molar-refractivity contribution in [2.45, 2.75) is 45.6 Å². The molecule has 2 atom stereocenters. The predicted molar refractivity (Wildman–Crippen MR) is 119 cm³/mol. The number of nitrogens with zero attached hydrogens (tertiary/aromatic N) is 2. The van der Waals surface area contributed by atoms with Crippen molar-refractivity contribution in [2.75, 3.05) is 6.54 Å². The average molecular weight is 397 g/mol. The number of amides is 1. The third kappa shape index (κ3) is 4.38. The molecule has 28 heavy (non-hydrogen) atoms. The number of carbonyl (C=O) groups is 1. The number of benzene rings is 1. The van der Waals surface area contributed by atoms with Crippen LogP contribution in [0.25, 0.3) is 11.3 Å². The summed E-state index contributed by atoms with van der Waals surface area (Å²) in [4.78, 5) is 23.1. The van der Waals surface area contributed by atoms with E-state index in [1.54, 1.807) is 0 Å². The van der Waals surface area contributed by atoms with Gasteiger partial charge in [-0.25, -0.2) is 4.98 Å². The van der Waals surface area contributed by atoms with Gasteiger partial charge in [0.05, 0.1) is 17.9 Å². The largest absolute Gasteiger partial charge is 0.376 e. The number of thiocarbonyl (C=S) groups is 1. The molecular formula is C20H28BN5OS. The molecule has 0 spiro atoms. The monoisotopic (exact) mass is 397 g/mol. The number of hydrogen-bond donors (Lipinski definition) is 3. The number of nitrogens with one attached hydrogen (secondary N) is 2. The Labute approximate surface area is 172 Å². The van der Waals surface area contributed by atoms with Gasteiger partial charge in [-0.1, -0.05) is 50.4 Å². The van der Waals surface area contributed by atoms with E-state index in [2.05, 4.69) is 46.4 Å². The number of H-pyrrole nitrogens is 1. The molecule has 4 N–H and O–H groups in total. The van der Waals surface area contributed by atoms with Crippen LogP contribution in [0.3, 0.4) is 0 Å². The number of aromatic amines is 1. The van der Waals surface area contributed by atoms with Crippen molar-refractivity contribution in [2.24, 2.45) is 11.7 Å². The molecule has 0 bridgehead atoms. The highest BCUT2D eigenvalue weighted by molar-refractivity contribution is 7.80. The van der Waals surface area contributed by atoms with Gasteiger partial charge in [-0.3, -0.25) is 4.79 Å². The molecule has 0 saturated carbocycles. The molecule has 2 aromatic rings. The molecule has 1 aromatic heterocycles. The van der Waals surface area contributed by atoms with Crippen LogP contribution in [-0.4, -0.2) is 45.8 Å². The number of rotatable bonds is 6. The van der Waals surface area contributed by atoms with Crippen LogP contribution in [0.1, 0.15) is 38.6 Å². The van der Waals surface area contributed by atoms with Crippen molar-refractivity contribution in [3.05, 3.63) is 36.3 Å². The lowest BCUT2D eigenvalue weighted by molar-refractivity contribution is -0.135. The minimum Gasteiger partial charge on any atom is -0.376 e. The Hall–Kier alpha value is -2.35. The van der Waals surface area contributed by atoms with E-state index >= 15 is 0 Å². The molecule has 1 fully saturated rings. The Morgan fingerprint density at radius 3 is 2.71 bits per heavy atom. The highest BCUT2D eigenvalue weighted by Crippen LogP contribution is 2.32. The fourth-order valence-corrected chi connectivity index (χ4v) is 3.86. The zero-order valence-electron chi connectivity index (χ0n) is 16.7. The smallest absolute Gasteiger partial charge is 0.246 e. The van der Waals surface area contributed by atoms with Gasteiger partial charge in [-0.15, -0.1) is 0 Å². The maximum atomic E-state index is 13.2. The zero-order chi connectivity index (χ0) is 20.3. The Morgan fingerprint density at radius 1 is 1.39 bits per heavy atom. The Kier molecular flexibility index (Phi) is 6.39. The third-order valence-electron chi connectivity index (χ3n) is 5.35. The van der Waals surface area contributed by atoms with E-state index in [1.165, 1.54) is 5.46 Å². The van der Waals surface area contributed by atoms with Crippen molar-refractivity contribution < 1.29 is 4.79 Å². The average Bonchev–Trinajstić information content (AvgIpc) is 3.34. The normalized spacial score (nSPS) is 17.6. The lowest BCUT2D eigenvalue weighted by Gasteiger charge is -2.30. The fraction of sp³-hybridized carbons (Fsp3) is 0.450. The van der Waals surface area contributed by atoms with Crippen LogP contribution >= 0.6 is 12.2 Å².